The molecule has 0 aromatic carbocycles. The van der Waals surface area contributed by atoms with E-state index in [1.54, 1.807) is 0 Å². The van der Waals surface area contributed by atoms with Crippen LogP contribution in [0.5, 0.6) is 0 Å². The summed E-state index contributed by atoms with van der Waals surface area (Å²) in [4.78, 5) is 72.7. The fraction of sp³-hybridized carbons (Fsp3) is 0.947. The molecule has 5 atom stereocenters. The van der Waals surface area contributed by atoms with Gasteiger partial charge in [-0.3, -0.25) is 37.3 Å². The molecule has 0 bridgehead atoms. The molecule has 0 aromatic rings. The maximum atomic E-state index is 13.1. The van der Waals surface area contributed by atoms with E-state index in [0.29, 0.717) is 25.7 Å². The van der Waals surface area contributed by atoms with Crippen LogP contribution in [0.4, 0.5) is 0 Å². The molecule has 94 heavy (non-hydrogen) atoms. The van der Waals surface area contributed by atoms with Crippen LogP contribution in [-0.2, 0) is 65.4 Å². The maximum Gasteiger partial charge on any atom is 0.472 e. The Kier molecular flexibility index (Phi) is 65.5. The zero-order valence-electron chi connectivity index (χ0n) is 61.3. The number of hydrogen-bond donors (Lipinski definition) is 3. The molecule has 19 heteroatoms. The Bertz CT molecular complexity index is 1820. The van der Waals surface area contributed by atoms with Crippen molar-refractivity contribution < 1.29 is 80.2 Å². The van der Waals surface area contributed by atoms with Crippen LogP contribution in [0.2, 0.25) is 0 Å². The van der Waals surface area contributed by atoms with Crippen LogP contribution in [0.3, 0.4) is 0 Å². The number of ether oxygens (including phenoxy) is 4. The highest BCUT2D eigenvalue weighted by Gasteiger charge is 2.30. The van der Waals surface area contributed by atoms with E-state index >= 15 is 0 Å². The number of phosphoric ester groups is 2. The third-order valence-electron chi connectivity index (χ3n) is 17.5. The van der Waals surface area contributed by atoms with E-state index in [4.69, 9.17) is 37.0 Å². The Morgan fingerprint density at radius 3 is 0.723 bits per heavy atom. The zero-order chi connectivity index (χ0) is 69.3. The summed E-state index contributed by atoms with van der Waals surface area (Å²) in [6, 6.07) is 0. The predicted octanol–water partition coefficient (Wildman–Crippen LogP) is 21.9. The van der Waals surface area contributed by atoms with Gasteiger partial charge in [-0.15, -0.1) is 0 Å². The lowest BCUT2D eigenvalue weighted by Gasteiger charge is -2.21. The quantitative estimate of drug-likeness (QED) is 0.0222. The largest absolute Gasteiger partial charge is 0.472 e. The van der Waals surface area contributed by atoms with Crippen molar-refractivity contribution in [3.05, 3.63) is 0 Å². The molecule has 0 heterocycles. The van der Waals surface area contributed by atoms with Gasteiger partial charge >= 0.3 is 39.5 Å². The molecule has 0 aliphatic heterocycles. The molecule has 0 fully saturated rings. The van der Waals surface area contributed by atoms with Crippen molar-refractivity contribution in [1.29, 1.82) is 0 Å². The number of aliphatic hydroxyl groups is 1. The zero-order valence-corrected chi connectivity index (χ0v) is 63.1. The van der Waals surface area contributed by atoms with Gasteiger partial charge in [0.1, 0.15) is 19.3 Å². The summed E-state index contributed by atoms with van der Waals surface area (Å²) >= 11 is 0. The molecule has 558 valence electrons. The first-order valence-corrected chi connectivity index (χ1v) is 42.0. The predicted molar refractivity (Wildman–Crippen MR) is 381 cm³/mol. The standard InChI is InChI=1S/C75H146O17P2/c1-7-9-11-13-15-17-18-29-35-41-47-53-59-74(79)91-70(63-85-72(77)57-51-45-39-16-14-12-10-8-2)65-89-93(81,82)87-61-69(76)62-88-94(83,84)90-66-71(64-86-73(78)58-52-46-40-34-30-26-22-24-28-33-38-44-50-56-68(5)6)92-75(80)60-54-48-42-36-31-25-21-19-20-23-27-32-37-43-49-55-67(3)4/h67-71,76H,7-66H2,1-6H3,(H,81,82)(H,83,84)/t69-,70+,71+/m0/s1. The van der Waals surface area contributed by atoms with Crippen LogP contribution in [0.1, 0.15) is 388 Å². The van der Waals surface area contributed by atoms with E-state index in [0.717, 1.165) is 108 Å². The van der Waals surface area contributed by atoms with Crippen molar-refractivity contribution in [2.75, 3.05) is 39.6 Å². The van der Waals surface area contributed by atoms with Gasteiger partial charge in [-0.05, 0) is 37.5 Å². The number of carbonyl (C=O) groups excluding carboxylic acids is 4. The highest BCUT2D eigenvalue weighted by molar-refractivity contribution is 7.47. The number of rotatable bonds is 74. The lowest BCUT2D eigenvalue weighted by Crippen LogP contribution is -2.30. The molecule has 0 aromatic heterocycles. The summed E-state index contributed by atoms with van der Waals surface area (Å²) < 4.78 is 68.4. The molecule has 0 saturated heterocycles. The minimum Gasteiger partial charge on any atom is -0.462 e. The lowest BCUT2D eigenvalue weighted by molar-refractivity contribution is -0.161. The fourth-order valence-electron chi connectivity index (χ4n) is 11.5. The van der Waals surface area contributed by atoms with E-state index in [-0.39, 0.29) is 25.7 Å². The minimum absolute atomic E-state index is 0.107. The topological polar surface area (TPSA) is 237 Å². The van der Waals surface area contributed by atoms with Crippen molar-refractivity contribution in [3.8, 4) is 0 Å². The van der Waals surface area contributed by atoms with E-state index in [9.17, 15) is 43.2 Å². The number of phosphoric acid groups is 2. The smallest absolute Gasteiger partial charge is 0.462 e. The number of unbranched alkanes of at least 4 members (excludes halogenated alkanes) is 44. The molecule has 2 unspecified atom stereocenters. The molecular formula is C75H146O17P2. The highest BCUT2D eigenvalue weighted by Crippen LogP contribution is 2.45. The van der Waals surface area contributed by atoms with E-state index in [1.807, 2.05) is 0 Å². The van der Waals surface area contributed by atoms with Gasteiger partial charge in [0.05, 0.1) is 26.4 Å². The molecule has 0 radical (unpaired) electrons. The molecule has 0 spiro atoms. The second kappa shape index (κ2) is 66.9. The third-order valence-corrected chi connectivity index (χ3v) is 19.4. The minimum atomic E-state index is -4.96. The van der Waals surface area contributed by atoms with Gasteiger partial charge in [0, 0.05) is 25.7 Å². The molecule has 0 rings (SSSR count). The molecule has 0 saturated carbocycles. The van der Waals surface area contributed by atoms with Crippen LogP contribution in [0.25, 0.3) is 0 Å². The third kappa shape index (κ3) is 68.6. The van der Waals surface area contributed by atoms with Crippen LogP contribution in [-0.4, -0.2) is 96.7 Å². The van der Waals surface area contributed by atoms with Crippen LogP contribution < -0.4 is 0 Å². The van der Waals surface area contributed by atoms with Gasteiger partial charge < -0.3 is 33.8 Å². The normalized spacial score (nSPS) is 14.0. The highest BCUT2D eigenvalue weighted by atomic mass is 31.2. The summed E-state index contributed by atoms with van der Waals surface area (Å²) in [5.41, 5.74) is 0. The van der Waals surface area contributed by atoms with Gasteiger partial charge in [0.2, 0.25) is 0 Å². The van der Waals surface area contributed by atoms with E-state index in [2.05, 4.69) is 41.5 Å². The van der Waals surface area contributed by atoms with Crippen LogP contribution in [0.15, 0.2) is 0 Å². The SMILES string of the molecule is CCCCCCCCCCCCCCC(=O)O[C@H](COC(=O)CCCCCCCCCC)COP(=O)(O)OC[C@H](O)COP(=O)(O)OC[C@@H](COC(=O)CCCCCCCCCCCCCCCC(C)C)OC(=O)CCCCCCCCCCCCCCCCCC(C)C. The lowest BCUT2D eigenvalue weighted by atomic mass is 10.0. The average Bonchev–Trinajstić information content (AvgIpc) is 1.56. The first-order chi connectivity index (χ1) is 45.4. The van der Waals surface area contributed by atoms with Crippen molar-refractivity contribution in [2.45, 2.75) is 407 Å². The molecule has 0 amide bonds. The van der Waals surface area contributed by atoms with Gasteiger partial charge in [0.25, 0.3) is 0 Å². The molecule has 0 aliphatic rings. The number of carbonyl (C=O) groups is 4. The summed E-state index contributed by atoms with van der Waals surface area (Å²) in [5, 5.41) is 10.6. The first-order valence-electron chi connectivity index (χ1n) is 39.0. The Hall–Kier alpha value is -1.94. The molecular weight excluding hydrogens is 1230 g/mol. The van der Waals surface area contributed by atoms with E-state index in [1.165, 1.54) is 199 Å². The van der Waals surface area contributed by atoms with Crippen molar-refractivity contribution in [1.82, 2.24) is 0 Å². The second-order valence-corrected chi connectivity index (χ2v) is 30.9. The number of hydrogen-bond acceptors (Lipinski definition) is 15. The van der Waals surface area contributed by atoms with Crippen molar-refractivity contribution >= 4 is 39.5 Å². The molecule has 0 aliphatic carbocycles. The summed E-state index contributed by atoms with van der Waals surface area (Å²) in [6.07, 6.45) is 54.1. The van der Waals surface area contributed by atoms with Gasteiger partial charge in [-0.25, -0.2) is 9.13 Å². The fourth-order valence-corrected chi connectivity index (χ4v) is 13.1. The summed E-state index contributed by atoms with van der Waals surface area (Å²) in [7, 11) is -9.90. The number of aliphatic hydroxyl groups excluding tert-OH is 1. The average molecular weight is 1380 g/mol. The Balaban J connectivity index is 5.21. The van der Waals surface area contributed by atoms with Gasteiger partial charge in [-0.2, -0.15) is 0 Å². The monoisotopic (exact) mass is 1380 g/mol. The van der Waals surface area contributed by atoms with Crippen LogP contribution in [0, 0.1) is 11.8 Å². The maximum absolute atomic E-state index is 13.1. The van der Waals surface area contributed by atoms with E-state index < -0.39 is 97.5 Å². The Labute approximate surface area is 575 Å². The van der Waals surface area contributed by atoms with Crippen molar-refractivity contribution in [3.63, 3.8) is 0 Å². The van der Waals surface area contributed by atoms with Crippen LogP contribution >= 0.6 is 15.6 Å². The summed E-state index contributed by atoms with van der Waals surface area (Å²) in [5.74, 6) is -0.524. The first kappa shape index (κ1) is 92.1. The Morgan fingerprint density at radius 2 is 0.489 bits per heavy atom. The van der Waals surface area contributed by atoms with Crippen molar-refractivity contribution in [2.24, 2.45) is 11.8 Å². The second-order valence-electron chi connectivity index (χ2n) is 28.0. The Morgan fingerprint density at radius 1 is 0.287 bits per heavy atom. The molecule has 3 N–H and O–H groups in total. The van der Waals surface area contributed by atoms with Gasteiger partial charge in [0.15, 0.2) is 12.2 Å². The van der Waals surface area contributed by atoms with Gasteiger partial charge in [-0.1, -0.05) is 337 Å². The number of esters is 4. The molecule has 17 nitrogen and oxygen atoms in total. The summed E-state index contributed by atoms with van der Waals surface area (Å²) in [6.45, 7) is 9.61.